The van der Waals surface area contributed by atoms with E-state index in [0.717, 1.165) is 27.8 Å². The summed E-state index contributed by atoms with van der Waals surface area (Å²) in [6.45, 7) is 0. The van der Waals surface area contributed by atoms with E-state index in [4.69, 9.17) is 5.73 Å². The number of nitrogens with one attached hydrogen (secondary N) is 1. The molecule has 23 heavy (non-hydrogen) atoms. The van der Waals surface area contributed by atoms with Crippen LogP contribution in [0.4, 0.5) is 11.4 Å². The Morgan fingerprint density at radius 1 is 1.04 bits per heavy atom. The summed E-state index contributed by atoms with van der Waals surface area (Å²) >= 11 is 2.28. The van der Waals surface area contributed by atoms with Gasteiger partial charge in [-0.15, -0.1) is 0 Å². The van der Waals surface area contributed by atoms with Crippen LogP contribution in [0.15, 0.2) is 59.6 Å². The molecule has 3 nitrogen and oxygen atoms in total. The van der Waals surface area contributed by atoms with Crippen molar-refractivity contribution in [1.82, 2.24) is 0 Å². The van der Waals surface area contributed by atoms with Crippen molar-refractivity contribution >= 4 is 50.7 Å². The van der Waals surface area contributed by atoms with E-state index in [1.54, 1.807) is 0 Å². The molecule has 1 aliphatic rings. The highest BCUT2D eigenvalue weighted by Crippen LogP contribution is 2.36. The molecule has 0 heterocycles. The Balaban J connectivity index is 1.70. The van der Waals surface area contributed by atoms with Crippen LogP contribution in [0.25, 0.3) is 10.8 Å². The maximum atomic E-state index is 6.11. The van der Waals surface area contributed by atoms with E-state index in [1.165, 1.54) is 21.9 Å². The van der Waals surface area contributed by atoms with Gasteiger partial charge in [0.2, 0.25) is 0 Å². The molecule has 0 unspecified atom stereocenters. The minimum absolute atomic E-state index is 0.423. The van der Waals surface area contributed by atoms with Gasteiger partial charge >= 0.3 is 0 Å². The molecule has 3 aromatic carbocycles. The largest absolute Gasteiger partial charge is 0.369 e. The Morgan fingerprint density at radius 2 is 1.91 bits per heavy atom. The van der Waals surface area contributed by atoms with E-state index in [2.05, 4.69) is 63.2 Å². The molecular weight excluding hydrogens is 397 g/mol. The molecule has 0 saturated heterocycles. The Kier molecular flexibility index (Phi) is 3.69. The van der Waals surface area contributed by atoms with Crippen LogP contribution in [0.2, 0.25) is 0 Å². The normalized spacial score (nSPS) is 13.5. The summed E-state index contributed by atoms with van der Waals surface area (Å²) < 4.78 is 1.16. The third-order valence-corrected chi connectivity index (χ3v) is 4.87. The molecule has 0 atom stereocenters. The van der Waals surface area contributed by atoms with Gasteiger partial charge in [-0.2, -0.15) is 0 Å². The smallest absolute Gasteiger partial charge is 0.198 e. The van der Waals surface area contributed by atoms with Gasteiger partial charge in [-0.1, -0.05) is 30.3 Å². The number of aryl methyl sites for hydroxylation is 2. The van der Waals surface area contributed by atoms with Crippen LogP contribution < -0.4 is 11.1 Å². The second-order valence-corrected chi connectivity index (χ2v) is 6.96. The van der Waals surface area contributed by atoms with Gasteiger partial charge in [0.15, 0.2) is 5.96 Å². The lowest BCUT2D eigenvalue weighted by Gasteiger charge is -2.08. The van der Waals surface area contributed by atoms with Crippen molar-refractivity contribution in [3.8, 4) is 0 Å². The Morgan fingerprint density at radius 3 is 2.78 bits per heavy atom. The standard InChI is InChI=1S/C19H16IN3/c20-14-5-2-6-15(11-14)22-19(21)23-17-10-8-13-4-1-3-12-7-9-16(17)18(12)13/h1-6,8,10-11H,7,9H2,(H3,21,22,23). The fourth-order valence-corrected chi connectivity index (χ4v) is 3.77. The average Bonchev–Trinajstić information content (AvgIpc) is 2.96. The zero-order valence-electron chi connectivity index (χ0n) is 12.5. The lowest BCUT2D eigenvalue weighted by atomic mass is 10.0. The molecule has 0 aliphatic heterocycles. The highest BCUT2D eigenvalue weighted by Gasteiger charge is 2.17. The van der Waals surface area contributed by atoms with Gasteiger partial charge in [-0.25, -0.2) is 4.99 Å². The second-order valence-electron chi connectivity index (χ2n) is 5.71. The molecule has 4 heteroatoms. The molecule has 114 valence electrons. The molecule has 1 aliphatic carbocycles. The van der Waals surface area contributed by atoms with Crippen molar-refractivity contribution in [3.05, 3.63) is 69.3 Å². The zero-order valence-corrected chi connectivity index (χ0v) is 14.7. The number of nitrogens with two attached hydrogens (primary N) is 1. The molecular formula is C19H16IN3. The van der Waals surface area contributed by atoms with Crippen molar-refractivity contribution in [3.63, 3.8) is 0 Å². The number of hydrogen-bond acceptors (Lipinski definition) is 1. The van der Waals surface area contributed by atoms with Crippen molar-refractivity contribution in [1.29, 1.82) is 0 Å². The Labute approximate surface area is 148 Å². The minimum atomic E-state index is 0.423. The van der Waals surface area contributed by atoms with E-state index in [1.807, 2.05) is 24.3 Å². The third-order valence-electron chi connectivity index (χ3n) is 4.20. The number of aliphatic imine (C=N–C) groups is 1. The molecule has 3 aromatic rings. The molecule has 0 aromatic heterocycles. The first-order chi connectivity index (χ1) is 11.2. The molecule has 0 amide bonds. The summed E-state index contributed by atoms with van der Waals surface area (Å²) in [6.07, 6.45) is 2.12. The molecule has 0 spiro atoms. The SMILES string of the molecule is NC(=Nc1ccc2cccc3c2c1CC3)Nc1cccc(I)c1. The quantitative estimate of drug-likeness (QED) is 0.367. The van der Waals surface area contributed by atoms with E-state index in [0.29, 0.717) is 5.96 Å². The summed E-state index contributed by atoms with van der Waals surface area (Å²) in [4.78, 5) is 4.62. The van der Waals surface area contributed by atoms with Gasteiger partial charge in [0.1, 0.15) is 0 Å². The lowest BCUT2D eigenvalue weighted by molar-refractivity contribution is 1.02. The van der Waals surface area contributed by atoms with Crippen molar-refractivity contribution in [2.75, 3.05) is 5.32 Å². The van der Waals surface area contributed by atoms with Gasteiger partial charge in [0.25, 0.3) is 0 Å². The van der Waals surface area contributed by atoms with Crippen LogP contribution in [0, 0.1) is 3.57 Å². The van der Waals surface area contributed by atoms with Crippen LogP contribution in [0.5, 0.6) is 0 Å². The van der Waals surface area contributed by atoms with Crippen LogP contribution in [0.3, 0.4) is 0 Å². The predicted octanol–water partition coefficient (Wildman–Crippen LogP) is 4.60. The average molecular weight is 413 g/mol. The summed E-state index contributed by atoms with van der Waals surface area (Å²) in [5, 5.41) is 5.82. The highest BCUT2D eigenvalue weighted by molar-refractivity contribution is 14.1. The van der Waals surface area contributed by atoms with E-state index >= 15 is 0 Å². The van der Waals surface area contributed by atoms with Crippen LogP contribution in [-0.2, 0) is 12.8 Å². The lowest BCUT2D eigenvalue weighted by Crippen LogP contribution is -2.22. The first-order valence-electron chi connectivity index (χ1n) is 7.61. The van der Waals surface area contributed by atoms with Gasteiger partial charge < -0.3 is 11.1 Å². The highest BCUT2D eigenvalue weighted by atomic mass is 127. The van der Waals surface area contributed by atoms with Crippen LogP contribution >= 0.6 is 22.6 Å². The second kappa shape index (κ2) is 5.85. The van der Waals surface area contributed by atoms with E-state index < -0.39 is 0 Å². The molecule has 3 N–H and O–H groups in total. The van der Waals surface area contributed by atoms with E-state index in [-0.39, 0.29) is 0 Å². The third kappa shape index (κ3) is 2.79. The van der Waals surface area contributed by atoms with Crippen molar-refractivity contribution in [2.45, 2.75) is 12.8 Å². The van der Waals surface area contributed by atoms with Crippen molar-refractivity contribution in [2.24, 2.45) is 10.7 Å². The number of hydrogen-bond donors (Lipinski definition) is 2. The van der Waals surface area contributed by atoms with Gasteiger partial charge in [-0.05, 0) is 81.6 Å². The van der Waals surface area contributed by atoms with Gasteiger partial charge in [0, 0.05) is 9.26 Å². The van der Waals surface area contributed by atoms with Gasteiger partial charge in [-0.3, -0.25) is 0 Å². The molecule has 0 radical (unpaired) electrons. The number of halogens is 1. The number of guanidine groups is 1. The maximum Gasteiger partial charge on any atom is 0.198 e. The summed E-state index contributed by atoms with van der Waals surface area (Å²) in [5.41, 5.74) is 10.8. The first-order valence-corrected chi connectivity index (χ1v) is 8.69. The molecule has 0 saturated carbocycles. The Bertz CT molecular complexity index is 931. The monoisotopic (exact) mass is 413 g/mol. The number of nitrogens with zero attached hydrogens (tertiary/aromatic N) is 1. The van der Waals surface area contributed by atoms with Crippen molar-refractivity contribution < 1.29 is 0 Å². The molecule has 0 fully saturated rings. The summed E-state index contributed by atoms with van der Waals surface area (Å²) in [6, 6.07) is 18.8. The van der Waals surface area contributed by atoms with Crippen LogP contribution in [-0.4, -0.2) is 5.96 Å². The molecule has 4 rings (SSSR count). The summed E-state index contributed by atoms with van der Waals surface area (Å²) in [7, 11) is 0. The zero-order chi connectivity index (χ0) is 15.8. The van der Waals surface area contributed by atoms with Gasteiger partial charge in [0.05, 0.1) is 5.69 Å². The number of benzene rings is 3. The minimum Gasteiger partial charge on any atom is -0.369 e. The first kappa shape index (κ1) is 14.5. The molecule has 0 bridgehead atoms. The summed E-state index contributed by atoms with van der Waals surface area (Å²) in [5.74, 6) is 0.423. The van der Waals surface area contributed by atoms with E-state index in [9.17, 15) is 0 Å². The fraction of sp³-hybridized carbons (Fsp3) is 0.105. The van der Waals surface area contributed by atoms with Crippen LogP contribution in [0.1, 0.15) is 11.1 Å². The Hall–Kier alpha value is -2.08. The maximum absolute atomic E-state index is 6.11. The number of anilines is 1. The fourth-order valence-electron chi connectivity index (χ4n) is 3.22. The topological polar surface area (TPSA) is 50.4 Å². The number of rotatable bonds is 2. The predicted molar refractivity (Wildman–Crippen MR) is 105 cm³/mol.